The molecule has 17 unspecified atom stereocenters. The number of nitrogens with one attached hydrogen (secondary N) is 1. The second-order valence-electron chi connectivity index (χ2n) is 20.0. The van der Waals surface area contributed by atoms with Crippen LogP contribution in [0.1, 0.15) is 142 Å². The van der Waals surface area contributed by atoms with Gasteiger partial charge in [0.05, 0.1) is 38.6 Å². The molecule has 0 radical (unpaired) electrons. The summed E-state index contributed by atoms with van der Waals surface area (Å²) in [6.45, 7) is 1.51. The van der Waals surface area contributed by atoms with Crippen LogP contribution in [0.3, 0.4) is 0 Å². The minimum Gasteiger partial charge on any atom is -0.394 e. The van der Waals surface area contributed by atoms with Crippen molar-refractivity contribution >= 4 is 5.91 Å². The summed E-state index contributed by atoms with van der Waals surface area (Å²) in [6, 6.07) is -0.899. The summed E-state index contributed by atoms with van der Waals surface area (Å²) < 4.78 is 34.1. The van der Waals surface area contributed by atoms with Gasteiger partial charge < -0.3 is 89.9 Å². The summed E-state index contributed by atoms with van der Waals surface area (Å²) in [6.07, 6.45) is 21.8. The zero-order chi connectivity index (χ0) is 56.2. The fourth-order valence-electron chi connectivity index (χ4n) is 9.05. The van der Waals surface area contributed by atoms with Crippen LogP contribution in [-0.2, 0) is 33.2 Å². The van der Waals surface area contributed by atoms with Gasteiger partial charge >= 0.3 is 0 Å². The third-order valence-corrected chi connectivity index (χ3v) is 13.7. The van der Waals surface area contributed by atoms with Crippen LogP contribution < -0.4 is 5.32 Å². The van der Waals surface area contributed by atoms with E-state index in [9.17, 15) is 61.0 Å². The van der Waals surface area contributed by atoms with Gasteiger partial charge in [-0.2, -0.15) is 0 Å². The van der Waals surface area contributed by atoms with E-state index < -0.39 is 124 Å². The second-order valence-corrected chi connectivity index (χ2v) is 20.0. The monoisotopic (exact) mass is 1100 g/mol. The summed E-state index contributed by atoms with van der Waals surface area (Å²) in [5, 5.41) is 119. The Morgan fingerprint density at radius 3 is 1.40 bits per heavy atom. The molecule has 0 spiro atoms. The molecule has 1 amide bonds. The van der Waals surface area contributed by atoms with Gasteiger partial charge in [-0.3, -0.25) is 4.79 Å². The van der Waals surface area contributed by atoms with Crippen molar-refractivity contribution in [1.29, 1.82) is 0 Å². The highest BCUT2D eigenvalue weighted by molar-refractivity contribution is 5.76. The van der Waals surface area contributed by atoms with E-state index in [0.29, 0.717) is 19.3 Å². The Morgan fingerprint density at radius 2 is 0.896 bits per heavy atom. The summed E-state index contributed by atoms with van der Waals surface area (Å²) in [5.74, 6) is -0.275. The largest absolute Gasteiger partial charge is 0.394 e. The molecule has 3 aliphatic rings. The Labute approximate surface area is 457 Å². The molecule has 77 heavy (non-hydrogen) atoms. The Balaban J connectivity index is 1.40. The fourth-order valence-corrected chi connectivity index (χ4v) is 9.05. The number of allylic oxidation sites excluding steroid dienone is 14. The molecule has 19 nitrogen and oxygen atoms in total. The normalized spacial score (nSPS) is 31.4. The van der Waals surface area contributed by atoms with Gasteiger partial charge in [0.1, 0.15) is 73.2 Å². The third-order valence-electron chi connectivity index (χ3n) is 13.7. The standard InChI is InChI=1S/C58H97NO18/c1-3-5-7-9-10-11-12-13-14-15-16-17-18-19-20-21-22-23-24-25-26-27-28-29-30-32-34-36-46(64)59-41(42(63)35-33-31-8-6-4-2)40-72-56-52(70)49(67)54(44(38-61)74-56)77-58-53(71)50(68)55(45(39-62)75-58)76-57-51(69)48(66)47(65)43(37-60)73-57/h5,7,10-11,13-14,16-17,19-20,22-23,25-26,41-45,47-58,60-63,65-71H,3-4,6,8-9,12,15,18,21,24,27-40H2,1-2H3,(H,59,64)/b7-5-,11-10-,14-13-,17-16-,20-19-,23-22-,26-25-. The molecule has 3 aliphatic heterocycles. The van der Waals surface area contributed by atoms with E-state index in [1.807, 2.05) is 0 Å². The Kier molecular flexibility index (Phi) is 36.4. The summed E-state index contributed by atoms with van der Waals surface area (Å²) in [4.78, 5) is 13.2. The van der Waals surface area contributed by atoms with Crippen molar-refractivity contribution in [1.82, 2.24) is 5.32 Å². The summed E-state index contributed by atoms with van der Waals surface area (Å²) in [5.41, 5.74) is 0. The van der Waals surface area contributed by atoms with Crippen LogP contribution in [-0.4, -0.2) is 193 Å². The van der Waals surface area contributed by atoms with Gasteiger partial charge in [0.2, 0.25) is 5.91 Å². The zero-order valence-electron chi connectivity index (χ0n) is 45.6. The van der Waals surface area contributed by atoms with E-state index in [-0.39, 0.29) is 18.9 Å². The van der Waals surface area contributed by atoms with Gasteiger partial charge in [-0.25, -0.2) is 0 Å². The quantitative estimate of drug-likeness (QED) is 0.0305. The predicted octanol–water partition coefficient (Wildman–Crippen LogP) is 4.03. The highest BCUT2D eigenvalue weighted by Gasteiger charge is 2.53. The molecule has 0 aliphatic carbocycles. The number of aliphatic hydroxyl groups excluding tert-OH is 11. The lowest BCUT2D eigenvalue weighted by molar-refractivity contribution is -0.379. The number of carbonyl (C=O) groups is 1. The Bertz CT molecular complexity index is 1740. The molecule has 442 valence electrons. The molecule has 19 heteroatoms. The van der Waals surface area contributed by atoms with Crippen molar-refractivity contribution < 1.29 is 89.4 Å². The molecule has 0 bridgehead atoms. The molecule has 0 aromatic rings. The first kappa shape index (κ1) is 68.2. The van der Waals surface area contributed by atoms with E-state index in [1.54, 1.807) is 0 Å². The molecule has 3 heterocycles. The van der Waals surface area contributed by atoms with Crippen LogP contribution in [0, 0.1) is 0 Å². The molecular weight excluding hydrogens is 999 g/mol. The summed E-state index contributed by atoms with van der Waals surface area (Å²) >= 11 is 0. The van der Waals surface area contributed by atoms with Crippen molar-refractivity contribution in [3.63, 3.8) is 0 Å². The van der Waals surface area contributed by atoms with E-state index in [4.69, 9.17) is 28.4 Å². The van der Waals surface area contributed by atoms with E-state index in [1.165, 1.54) is 0 Å². The molecule has 0 saturated carbocycles. The first-order valence-corrected chi connectivity index (χ1v) is 28.3. The van der Waals surface area contributed by atoms with Crippen LogP contribution in [0.2, 0.25) is 0 Å². The second kappa shape index (κ2) is 41.0. The van der Waals surface area contributed by atoms with E-state index in [2.05, 4.69) is 104 Å². The van der Waals surface area contributed by atoms with E-state index >= 15 is 0 Å². The lowest BCUT2D eigenvalue weighted by Crippen LogP contribution is -2.66. The number of amides is 1. The van der Waals surface area contributed by atoms with Gasteiger partial charge in [0.15, 0.2) is 18.9 Å². The van der Waals surface area contributed by atoms with Gasteiger partial charge in [-0.15, -0.1) is 0 Å². The van der Waals surface area contributed by atoms with Crippen LogP contribution in [0.15, 0.2) is 85.1 Å². The van der Waals surface area contributed by atoms with Crippen molar-refractivity contribution in [3.05, 3.63) is 85.1 Å². The van der Waals surface area contributed by atoms with Crippen LogP contribution >= 0.6 is 0 Å². The molecule has 3 fully saturated rings. The minimum absolute atomic E-state index is 0.236. The number of rotatable bonds is 39. The van der Waals surface area contributed by atoms with Crippen molar-refractivity contribution in [2.45, 2.75) is 247 Å². The fraction of sp³-hybridized carbons (Fsp3) is 0.741. The SMILES string of the molecule is CC/C=C\C/C=C\C/C=C\C/C=C\C/C=C\C/C=C\C/C=C\CCCCCCCC(=O)NC(COC1OC(CO)C(OC2OC(CO)C(OC3OC(CO)C(O)C(O)C3O)C(O)C2O)C(O)C1O)C(O)CCCCCCC. The first-order chi connectivity index (χ1) is 37.3. The molecule has 17 atom stereocenters. The van der Waals surface area contributed by atoms with Crippen LogP contribution in [0.5, 0.6) is 0 Å². The lowest BCUT2D eigenvalue weighted by atomic mass is 9.96. The topological polar surface area (TPSA) is 307 Å². The van der Waals surface area contributed by atoms with Gasteiger partial charge in [0, 0.05) is 6.42 Å². The van der Waals surface area contributed by atoms with Crippen LogP contribution in [0.4, 0.5) is 0 Å². The van der Waals surface area contributed by atoms with Gasteiger partial charge in [-0.1, -0.05) is 150 Å². The van der Waals surface area contributed by atoms with Crippen molar-refractivity contribution in [2.24, 2.45) is 0 Å². The Morgan fingerprint density at radius 1 is 0.481 bits per heavy atom. The van der Waals surface area contributed by atoms with E-state index in [0.717, 1.165) is 103 Å². The smallest absolute Gasteiger partial charge is 0.220 e. The van der Waals surface area contributed by atoms with Crippen molar-refractivity contribution in [3.8, 4) is 0 Å². The average molecular weight is 1100 g/mol. The third kappa shape index (κ3) is 25.5. The molecule has 12 N–H and O–H groups in total. The maximum atomic E-state index is 13.2. The minimum atomic E-state index is -1.98. The molecule has 3 saturated heterocycles. The maximum Gasteiger partial charge on any atom is 0.220 e. The number of hydrogen-bond donors (Lipinski definition) is 12. The van der Waals surface area contributed by atoms with Gasteiger partial charge in [0.25, 0.3) is 0 Å². The number of unbranched alkanes of at least 4 members (excludes halogenated alkanes) is 9. The highest BCUT2D eigenvalue weighted by atomic mass is 16.8. The highest BCUT2D eigenvalue weighted by Crippen LogP contribution is 2.33. The van der Waals surface area contributed by atoms with Gasteiger partial charge in [-0.05, 0) is 70.6 Å². The number of aliphatic hydroxyl groups is 11. The number of hydrogen-bond acceptors (Lipinski definition) is 18. The predicted molar refractivity (Wildman–Crippen MR) is 291 cm³/mol. The molecular formula is C58H97NO18. The molecule has 3 rings (SSSR count). The molecule has 0 aromatic carbocycles. The molecule has 0 aromatic heterocycles. The maximum absolute atomic E-state index is 13.2. The summed E-state index contributed by atoms with van der Waals surface area (Å²) in [7, 11) is 0. The first-order valence-electron chi connectivity index (χ1n) is 28.3. The number of carbonyl (C=O) groups excluding carboxylic acids is 1. The van der Waals surface area contributed by atoms with Crippen molar-refractivity contribution in [2.75, 3.05) is 26.4 Å². The Hall–Kier alpha value is -3.03. The average Bonchev–Trinajstić information content (AvgIpc) is 3.42. The lowest BCUT2D eigenvalue weighted by Gasteiger charge is -2.48. The van der Waals surface area contributed by atoms with Crippen LogP contribution in [0.25, 0.3) is 0 Å². The number of ether oxygens (including phenoxy) is 6. The zero-order valence-corrected chi connectivity index (χ0v) is 45.6.